The Morgan fingerprint density at radius 3 is 2.59 bits per heavy atom. The lowest BCUT2D eigenvalue weighted by atomic mass is 10.1. The van der Waals surface area contributed by atoms with Gasteiger partial charge in [-0.05, 0) is 31.4 Å². The lowest BCUT2D eigenvalue weighted by molar-refractivity contribution is -0.00645. The summed E-state index contributed by atoms with van der Waals surface area (Å²) < 4.78 is 7.20. The highest BCUT2D eigenvalue weighted by molar-refractivity contribution is 6.33. The number of ether oxygens (including phenoxy) is 1. The normalized spacial score (nSPS) is 21.4. The maximum Gasteiger partial charge on any atom is 0.292 e. The van der Waals surface area contributed by atoms with Crippen molar-refractivity contribution in [3.8, 4) is 5.69 Å². The number of anilines is 1. The summed E-state index contributed by atoms with van der Waals surface area (Å²) in [6.07, 6.45) is 5.68. The Kier molecular flexibility index (Phi) is 5.76. The molecule has 0 N–H and O–H groups in total. The summed E-state index contributed by atoms with van der Waals surface area (Å²) in [6, 6.07) is 9.34. The molecule has 0 radical (unpaired) electrons. The molecule has 6 nitrogen and oxygen atoms in total. The first-order chi connectivity index (χ1) is 13.2. The lowest BCUT2D eigenvalue weighted by Crippen LogP contribution is -2.49. The fraction of sp³-hybridized carbons (Fsp3) is 0.500. The topological polar surface area (TPSA) is 50.6 Å². The van der Waals surface area contributed by atoms with Crippen molar-refractivity contribution in [2.75, 3.05) is 44.2 Å². The third kappa shape index (κ3) is 4.18. The molecule has 2 saturated heterocycles. The van der Waals surface area contributed by atoms with Gasteiger partial charge in [0.15, 0.2) is 0 Å². The number of hydrogen-bond acceptors (Lipinski definition) is 5. The number of piperazine rings is 1. The molecule has 0 saturated carbocycles. The Balaban J connectivity index is 1.42. The zero-order valence-corrected chi connectivity index (χ0v) is 16.1. The Morgan fingerprint density at radius 2 is 1.89 bits per heavy atom. The smallest absolute Gasteiger partial charge is 0.292 e. The number of nitrogens with zero attached hydrogens (tertiary/aromatic N) is 4. The minimum absolute atomic E-state index is 0.234. The number of benzene rings is 1. The fourth-order valence-corrected chi connectivity index (χ4v) is 4.06. The van der Waals surface area contributed by atoms with Gasteiger partial charge in [0.25, 0.3) is 5.56 Å². The van der Waals surface area contributed by atoms with E-state index in [9.17, 15) is 4.79 Å². The highest BCUT2D eigenvalue weighted by atomic mass is 35.5. The monoisotopic (exact) mass is 388 g/mol. The molecule has 3 heterocycles. The van der Waals surface area contributed by atoms with Crippen molar-refractivity contribution >= 4 is 17.3 Å². The van der Waals surface area contributed by atoms with Gasteiger partial charge in [-0.3, -0.25) is 9.69 Å². The van der Waals surface area contributed by atoms with E-state index in [1.54, 1.807) is 6.20 Å². The van der Waals surface area contributed by atoms with Gasteiger partial charge in [0.2, 0.25) is 0 Å². The number of halogens is 1. The number of aromatic nitrogens is 2. The third-order valence-electron chi connectivity index (χ3n) is 5.35. The first-order valence-corrected chi connectivity index (χ1v) is 10.0. The molecule has 2 fully saturated rings. The van der Waals surface area contributed by atoms with Gasteiger partial charge in [0.1, 0.15) is 5.02 Å². The van der Waals surface area contributed by atoms with E-state index in [-0.39, 0.29) is 10.6 Å². The zero-order chi connectivity index (χ0) is 18.6. The Labute approximate surface area is 164 Å². The Morgan fingerprint density at radius 1 is 1.11 bits per heavy atom. The van der Waals surface area contributed by atoms with E-state index >= 15 is 0 Å². The van der Waals surface area contributed by atoms with Gasteiger partial charge in [0.05, 0.1) is 23.7 Å². The third-order valence-corrected chi connectivity index (χ3v) is 5.71. The molecule has 0 spiro atoms. The Bertz CT molecular complexity index is 812. The SMILES string of the molecule is O=c1c(Cl)c(N2CCN(C[C@@H]3CCCCO3)CC2)cnn1-c1ccccc1. The van der Waals surface area contributed by atoms with Crippen molar-refractivity contribution in [2.45, 2.75) is 25.4 Å². The van der Waals surface area contributed by atoms with Gasteiger partial charge < -0.3 is 9.64 Å². The van der Waals surface area contributed by atoms with Crippen LogP contribution in [-0.2, 0) is 4.74 Å². The molecule has 1 aromatic carbocycles. The molecule has 144 valence electrons. The van der Waals surface area contributed by atoms with Crippen molar-refractivity contribution in [2.24, 2.45) is 0 Å². The van der Waals surface area contributed by atoms with Crippen molar-refractivity contribution in [1.82, 2.24) is 14.7 Å². The molecule has 2 aliphatic heterocycles. The van der Waals surface area contributed by atoms with Crippen LogP contribution >= 0.6 is 11.6 Å². The second kappa shape index (κ2) is 8.42. The average Bonchev–Trinajstić information content (AvgIpc) is 2.72. The maximum atomic E-state index is 12.7. The number of para-hydroxylation sites is 1. The van der Waals surface area contributed by atoms with E-state index in [0.29, 0.717) is 11.8 Å². The molecule has 1 atom stereocenters. The van der Waals surface area contributed by atoms with Crippen LogP contribution in [0, 0.1) is 0 Å². The van der Waals surface area contributed by atoms with E-state index in [0.717, 1.165) is 51.4 Å². The van der Waals surface area contributed by atoms with Crippen LogP contribution in [-0.4, -0.2) is 60.1 Å². The number of rotatable bonds is 4. The van der Waals surface area contributed by atoms with Gasteiger partial charge in [-0.15, -0.1) is 0 Å². The molecular weight excluding hydrogens is 364 g/mol. The molecule has 1 aromatic heterocycles. The molecule has 27 heavy (non-hydrogen) atoms. The Hall–Kier alpha value is -1.89. The average molecular weight is 389 g/mol. The molecule has 7 heteroatoms. The van der Waals surface area contributed by atoms with Crippen LogP contribution < -0.4 is 10.5 Å². The first kappa shape index (κ1) is 18.5. The molecule has 4 rings (SSSR count). The van der Waals surface area contributed by atoms with Crippen LogP contribution in [0.5, 0.6) is 0 Å². The predicted octanol–water partition coefficient (Wildman–Crippen LogP) is 2.58. The summed E-state index contributed by atoms with van der Waals surface area (Å²) in [5.41, 5.74) is 1.16. The van der Waals surface area contributed by atoms with Crippen LogP contribution in [0.2, 0.25) is 5.02 Å². The van der Waals surface area contributed by atoms with Crippen molar-refractivity contribution in [1.29, 1.82) is 0 Å². The van der Waals surface area contributed by atoms with Crippen LogP contribution in [0.4, 0.5) is 5.69 Å². The fourth-order valence-electron chi connectivity index (χ4n) is 3.81. The number of hydrogen-bond donors (Lipinski definition) is 0. The standard InChI is InChI=1S/C20H25ClN4O2/c21-19-18(14-22-25(20(19)26)16-6-2-1-3-7-16)24-11-9-23(10-12-24)15-17-8-4-5-13-27-17/h1-3,6-7,14,17H,4-5,8-13,15H2/t17-/m0/s1. The summed E-state index contributed by atoms with van der Waals surface area (Å²) in [6.45, 7) is 5.45. The lowest BCUT2D eigenvalue weighted by Gasteiger charge is -2.38. The summed E-state index contributed by atoms with van der Waals surface area (Å²) in [5.74, 6) is 0. The highest BCUT2D eigenvalue weighted by Gasteiger charge is 2.24. The molecule has 0 amide bonds. The van der Waals surface area contributed by atoms with E-state index in [4.69, 9.17) is 16.3 Å². The maximum absolute atomic E-state index is 12.7. The zero-order valence-electron chi connectivity index (χ0n) is 15.4. The molecule has 0 unspecified atom stereocenters. The second-order valence-corrected chi connectivity index (χ2v) is 7.55. The van der Waals surface area contributed by atoms with E-state index in [2.05, 4.69) is 14.9 Å². The summed E-state index contributed by atoms with van der Waals surface area (Å²) in [4.78, 5) is 17.3. The largest absolute Gasteiger partial charge is 0.377 e. The van der Waals surface area contributed by atoms with Gasteiger partial charge in [-0.25, -0.2) is 0 Å². The summed E-state index contributed by atoms with van der Waals surface area (Å²) in [5, 5.41) is 4.58. The van der Waals surface area contributed by atoms with Crippen molar-refractivity contribution < 1.29 is 4.74 Å². The van der Waals surface area contributed by atoms with Crippen LogP contribution in [0.3, 0.4) is 0 Å². The van der Waals surface area contributed by atoms with Crippen LogP contribution in [0.15, 0.2) is 41.3 Å². The second-order valence-electron chi connectivity index (χ2n) is 7.17. The molecule has 0 bridgehead atoms. The van der Waals surface area contributed by atoms with Crippen LogP contribution in [0.1, 0.15) is 19.3 Å². The van der Waals surface area contributed by atoms with Gasteiger partial charge >= 0.3 is 0 Å². The van der Waals surface area contributed by atoms with E-state index in [1.807, 2.05) is 30.3 Å². The molecule has 2 aromatic rings. The predicted molar refractivity (Wildman–Crippen MR) is 107 cm³/mol. The van der Waals surface area contributed by atoms with E-state index in [1.165, 1.54) is 17.5 Å². The van der Waals surface area contributed by atoms with Gasteiger partial charge in [-0.1, -0.05) is 29.8 Å². The highest BCUT2D eigenvalue weighted by Crippen LogP contribution is 2.23. The molecule has 2 aliphatic rings. The quantitative estimate of drug-likeness (QED) is 0.805. The van der Waals surface area contributed by atoms with E-state index < -0.39 is 0 Å². The van der Waals surface area contributed by atoms with Crippen molar-refractivity contribution in [3.63, 3.8) is 0 Å². The first-order valence-electron chi connectivity index (χ1n) is 9.64. The van der Waals surface area contributed by atoms with Crippen LogP contribution in [0.25, 0.3) is 5.69 Å². The van der Waals surface area contributed by atoms with Gasteiger partial charge in [-0.2, -0.15) is 9.78 Å². The van der Waals surface area contributed by atoms with Gasteiger partial charge in [0, 0.05) is 39.3 Å². The minimum Gasteiger partial charge on any atom is -0.377 e. The molecule has 0 aliphatic carbocycles. The minimum atomic E-state index is -0.279. The summed E-state index contributed by atoms with van der Waals surface area (Å²) in [7, 11) is 0. The summed E-state index contributed by atoms with van der Waals surface area (Å²) >= 11 is 6.43. The molecular formula is C20H25ClN4O2. The van der Waals surface area contributed by atoms with Crippen molar-refractivity contribution in [3.05, 3.63) is 51.9 Å².